The molecule has 0 aliphatic heterocycles. The van der Waals surface area contributed by atoms with Crippen molar-refractivity contribution in [1.29, 1.82) is 0 Å². The van der Waals surface area contributed by atoms with Crippen molar-refractivity contribution in [3.63, 3.8) is 0 Å². The van der Waals surface area contributed by atoms with Crippen LogP contribution < -0.4 is 10.9 Å². The van der Waals surface area contributed by atoms with Crippen LogP contribution in [0.5, 0.6) is 0 Å². The number of amides is 2. The molecule has 8 nitrogen and oxygen atoms in total. The Morgan fingerprint density at radius 3 is 2.21 bits per heavy atom. The lowest BCUT2D eigenvalue weighted by atomic mass is 10.2. The van der Waals surface area contributed by atoms with Crippen molar-refractivity contribution in [3.8, 4) is 0 Å². The number of hydrogen-bond acceptors (Lipinski definition) is 6. The van der Waals surface area contributed by atoms with Crippen LogP contribution in [0.4, 0.5) is 0 Å². The Hall–Kier alpha value is -2.72. The van der Waals surface area contributed by atoms with Crippen LogP contribution in [0.15, 0.2) is 57.9 Å². The fraction of sp³-hybridized carbons (Fsp3) is 0.211. The summed E-state index contributed by atoms with van der Waals surface area (Å²) in [6.45, 7) is 1.18. The molecule has 0 fully saturated rings. The van der Waals surface area contributed by atoms with Gasteiger partial charge in [0.25, 0.3) is 11.8 Å². The van der Waals surface area contributed by atoms with E-state index in [0.29, 0.717) is 5.56 Å². The van der Waals surface area contributed by atoms with E-state index in [2.05, 4.69) is 26.8 Å². The zero-order valence-corrected chi connectivity index (χ0v) is 17.9. The number of hydrazine groups is 1. The van der Waals surface area contributed by atoms with Crippen molar-refractivity contribution in [1.82, 2.24) is 10.9 Å². The topological polar surface area (TPSA) is 119 Å². The summed E-state index contributed by atoms with van der Waals surface area (Å²) in [6.07, 6.45) is -0.394. The molecule has 2 N–H and O–H groups in total. The molecule has 29 heavy (non-hydrogen) atoms. The van der Waals surface area contributed by atoms with Gasteiger partial charge in [0, 0.05) is 10.0 Å². The number of sulfone groups is 1. The Labute approximate surface area is 176 Å². The zero-order chi connectivity index (χ0) is 21.4. The SMILES string of the molecule is Cc1ccc(S(=O)(=O)CCC(=O)OCC(=O)NNC(=O)c2ccc(Br)cc2)cc1. The molecule has 10 heteroatoms. The number of carbonyl (C=O) groups excluding carboxylic acids is 3. The summed E-state index contributed by atoms with van der Waals surface area (Å²) in [5.41, 5.74) is 5.54. The van der Waals surface area contributed by atoms with Crippen molar-refractivity contribution >= 4 is 43.6 Å². The average Bonchev–Trinajstić information content (AvgIpc) is 2.70. The van der Waals surface area contributed by atoms with E-state index in [-0.39, 0.29) is 4.90 Å². The Morgan fingerprint density at radius 1 is 0.966 bits per heavy atom. The minimum atomic E-state index is -3.63. The highest BCUT2D eigenvalue weighted by Gasteiger charge is 2.17. The highest BCUT2D eigenvalue weighted by Crippen LogP contribution is 2.13. The molecule has 0 unspecified atom stereocenters. The second kappa shape index (κ2) is 10.2. The van der Waals surface area contributed by atoms with Crippen LogP contribution in [0.25, 0.3) is 0 Å². The fourth-order valence-corrected chi connectivity index (χ4v) is 3.62. The van der Waals surface area contributed by atoms with E-state index in [9.17, 15) is 22.8 Å². The van der Waals surface area contributed by atoms with Gasteiger partial charge in [-0.3, -0.25) is 25.2 Å². The number of halogens is 1. The molecule has 0 atom stereocenters. The molecule has 2 aromatic carbocycles. The van der Waals surface area contributed by atoms with Gasteiger partial charge in [0.15, 0.2) is 16.4 Å². The number of esters is 1. The number of ether oxygens (including phenoxy) is 1. The minimum absolute atomic E-state index is 0.115. The van der Waals surface area contributed by atoms with E-state index in [0.717, 1.165) is 10.0 Å². The molecule has 2 amide bonds. The molecule has 0 saturated heterocycles. The second-order valence-electron chi connectivity index (χ2n) is 6.05. The first kappa shape index (κ1) is 22.6. The van der Waals surface area contributed by atoms with Crippen molar-refractivity contribution < 1.29 is 27.5 Å². The van der Waals surface area contributed by atoms with Crippen LogP contribution in [0, 0.1) is 6.92 Å². The molecule has 0 aromatic heterocycles. The van der Waals surface area contributed by atoms with Crippen molar-refractivity contribution in [3.05, 3.63) is 64.1 Å². The number of rotatable bonds is 7. The molecular formula is C19H19BrN2O6S. The largest absolute Gasteiger partial charge is 0.455 e. The van der Waals surface area contributed by atoms with Crippen molar-refractivity contribution in [2.75, 3.05) is 12.4 Å². The predicted octanol–water partition coefficient (Wildman–Crippen LogP) is 1.93. The molecule has 2 aromatic rings. The van der Waals surface area contributed by atoms with Crippen LogP contribution in [0.2, 0.25) is 0 Å². The van der Waals surface area contributed by atoms with Crippen LogP contribution in [0.1, 0.15) is 22.3 Å². The van der Waals surface area contributed by atoms with Crippen molar-refractivity contribution in [2.24, 2.45) is 0 Å². The lowest BCUT2D eigenvalue weighted by Gasteiger charge is -2.08. The maximum Gasteiger partial charge on any atom is 0.307 e. The Bertz CT molecular complexity index is 988. The molecule has 0 aliphatic rings. The molecule has 0 bridgehead atoms. The van der Waals surface area contributed by atoms with Gasteiger partial charge in [-0.05, 0) is 43.3 Å². The van der Waals surface area contributed by atoms with E-state index >= 15 is 0 Å². The monoisotopic (exact) mass is 482 g/mol. The second-order valence-corrected chi connectivity index (χ2v) is 9.08. The van der Waals surface area contributed by atoms with Gasteiger partial charge in [0.2, 0.25) is 0 Å². The van der Waals surface area contributed by atoms with E-state index in [4.69, 9.17) is 4.74 Å². The zero-order valence-electron chi connectivity index (χ0n) is 15.5. The molecule has 154 valence electrons. The summed E-state index contributed by atoms with van der Waals surface area (Å²) in [6, 6.07) is 12.7. The Balaban J connectivity index is 1.72. The maximum absolute atomic E-state index is 12.2. The van der Waals surface area contributed by atoms with Gasteiger partial charge in [-0.2, -0.15) is 0 Å². The van der Waals surface area contributed by atoms with E-state index in [1.54, 1.807) is 36.4 Å². The summed E-state index contributed by atoms with van der Waals surface area (Å²) < 4.78 is 29.9. The third-order valence-electron chi connectivity index (χ3n) is 3.74. The Morgan fingerprint density at radius 2 is 1.59 bits per heavy atom. The number of carbonyl (C=O) groups is 3. The number of aryl methyl sites for hydroxylation is 1. The van der Waals surface area contributed by atoms with Gasteiger partial charge >= 0.3 is 5.97 Å². The smallest absolute Gasteiger partial charge is 0.307 e. The summed E-state index contributed by atoms with van der Waals surface area (Å²) >= 11 is 3.24. The van der Waals surface area contributed by atoms with Crippen LogP contribution in [0.3, 0.4) is 0 Å². The summed E-state index contributed by atoms with van der Waals surface area (Å²) in [5.74, 6) is -2.57. The van der Waals surface area contributed by atoms with Gasteiger partial charge in [0.05, 0.1) is 17.1 Å². The molecule has 0 aliphatic carbocycles. The predicted molar refractivity (Wildman–Crippen MR) is 109 cm³/mol. The third kappa shape index (κ3) is 7.31. The quantitative estimate of drug-likeness (QED) is 0.459. The van der Waals surface area contributed by atoms with E-state index in [1.165, 1.54) is 12.1 Å². The highest BCUT2D eigenvalue weighted by atomic mass is 79.9. The Kier molecular flexibility index (Phi) is 7.91. The van der Waals surface area contributed by atoms with Gasteiger partial charge in [-0.25, -0.2) is 8.42 Å². The van der Waals surface area contributed by atoms with Gasteiger partial charge in [0.1, 0.15) is 0 Å². The van der Waals surface area contributed by atoms with Crippen molar-refractivity contribution in [2.45, 2.75) is 18.2 Å². The molecule has 0 saturated carbocycles. The summed E-state index contributed by atoms with van der Waals surface area (Å²) in [5, 5.41) is 0. The van der Waals surface area contributed by atoms with Gasteiger partial charge < -0.3 is 4.74 Å². The fourth-order valence-electron chi connectivity index (χ4n) is 2.14. The van der Waals surface area contributed by atoms with Gasteiger partial charge in [-0.1, -0.05) is 33.6 Å². The molecule has 2 rings (SSSR count). The number of benzene rings is 2. The molecular weight excluding hydrogens is 464 g/mol. The molecule has 0 spiro atoms. The van der Waals surface area contributed by atoms with Crippen LogP contribution in [-0.4, -0.2) is 38.6 Å². The number of hydrogen-bond donors (Lipinski definition) is 2. The van der Waals surface area contributed by atoms with E-state index < -0.39 is 46.4 Å². The standard InChI is InChI=1S/C19H19BrN2O6S/c1-13-2-8-16(9-3-13)29(26,27)11-10-18(24)28-12-17(23)21-22-19(25)14-4-6-15(20)7-5-14/h2-9H,10-12H2,1H3,(H,21,23)(H,22,25). The molecule has 0 heterocycles. The lowest BCUT2D eigenvalue weighted by molar-refractivity contribution is -0.148. The normalized spacial score (nSPS) is 10.8. The summed E-state index contributed by atoms with van der Waals surface area (Å²) in [7, 11) is -3.63. The van der Waals surface area contributed by atoms with Gasteiger partial charge in [-0.15, -0.1) is 0 Å². The number of nitrogens with one attached hydrogen (secondary N) is 2. The minimum Gasteiger partial charge on any atom is -0.455 e. The average molecular weight is 483 g/mol. The highest BCUT2D eigenvalue weighted by molar-refractivity contribution is 9.10. The maximum atomic E-state index is 12.2. The lowest BCUT2D eigenvalue weighted by Crippen LogP contribution is -2.43. The molecule has 0 radical (unpaired) electrons. The van der Waals surface area contributed by atoms with E-state index in [1.807, 2.05) is 6.92 Å². The van der Waals surface area contributed by atoms with Crippen LogP contribution >= 0.6 is 15.9 Å². The first-order valence-corrected chi connectivity index (χ1v) is 10.9. The third-order valence-corrected chi connectivity index (χ3v) is 6.00. The van der Waals surface area contributed by atoms with Crippen LogP contribution in [-0.2, 0) is 24.2 Å². The first-order chi connectivity index (χ1) is 13.7. The summed E-state index contributed by atoms with van der Waals surface area (Å²) in [4.78, 5) is 35.3. The first-order valence-electron chi connectivity index (χ1n) is 8.47.